The summed E-state index contributed by atoms with van der Waals surface area (Å²) >= 11 is 0. The van der Waals surface area contributed by atoms with Crippen molar-refractivity contribution in [3.63, 3.8) is 0 Å². The molecule has 1 aliphatic heterocycles. The lowest BCUT2D eigenvalue weighted by Gasteiger charge is -2.37. The first-order valence-corrected chi connectivity index (χ1v) is 8.65. The maximum absolute atomic E-state index is 11.9. The minimum absolute atomic E-state index is 0.166. The Kier molecular flexibility index (Phi) is 5.21. The fourth-order valence-electron chi connectivity index (χ4n) is 2.44. The van der Waals surface area contributed by atoms with Gasteiger partial charge >= 0.3 is 0 Å². The molecule has 1 aliphatic rings. The van der Waals surface area contributed by atoms with Crippen LogP contribution in [0, 0.1) is 0 Å². The van der Waals surface area contributed by atoms with E-state index in [9.17, 15) is 8.42 Å². The molecule has 0 spiro atoms. The summed E-state index contributed by atoms with van der Waals surface area (Å²) in [5, 5.41) is 3.43. The molecule has 1 aromatic carbocycles. The van der Waals surface area contributed by atoms with Crippen LogP contribution < -0.4 is 15.8 Å². The van der Waals surface area contributed by atoms with Crippen molar-refractivity contribution in [3.05, 3.63) is 24.3 Å². The Bertz CT molecular complexity index is 551. The van der Waals surface area contributed by atoms with E-state index in [1.54, 1.807) is 31.2 Å². The molecule has 0 unspecified atom stereocenters. The van der Waals surface area contributed by atoms with E-state index in [1.807, 2.05) is 0 Å². The first-order valence-electron chi connectivity index (χ1n) is 7.17. The van der Waals surface area contributed by atoms with Gasteiger partial charge in [0.25, 0.3) is 0 Å². The van der Waals surface area contributed by atoms with E-state index in [4.69, 9.17) is 10.5 Å². The third-order valence-corrected chi connectivity index (χ3v) is 5.31. The van der Waals surface area contributed by atoms with Gasteiger partial charge < -0.3 is 15.8 Å². The van der Waals surface area contributed by atoms with Gasteiger partial charge in [-0.15, -0.1) is 0 Å². The number of nitrogens with two attached hydrogens (primary N) is 1. The summed E-state index contributed by atoms with van der Waals surface area (Å²) in [6.45, 7) is 4.03. The Morgan fingerprint density at radius 3 is 2.38 bits per heavy atom. The number of hydrogen-bond acceptors (Lipinski definition) is 5. The summed E-state index contributed by atoms with van der Waals surface area (Å²) < 4.78 is 31.6. The second-order valence-electron chi connectivity index (χ2n) is 5.25. The van der Waals surface area contributed by atoms with E-state index >= 15 is 0 Å². The van der Waals surface area contributed by atoms with Crippen molar-refractivity contribution in [1.29, 1.82) is 0 Å². The molecule has 1 aromatic rings. The van der Waals surface area contributed by atoms with Gasteiger partial charge in [-0.2, -0.15) is 0 Å². The number of hydrogen-bond donors (Lipinski definition) is 3. The number of benzene rings is 1. The van der Waals surface area contributed by atoms with Crippen LogP contribution in [0.1, 0.15) is 19.8 Å². The van der Waals surface area contributed by atoms with Crippen LogP contribution in [-0.2, 0) is 14.8 Å². The van der Waals surface area contributed by atoms with Crippen molar-refractivity contribution < 1.29 is 13.2 Å². The number of ether oxygens (including phenoxy) is 1. The molecule has 0 atom stereocenters. The van der Waals surface area contributed by atoms with Gasteiger partial charge in [-0.25, -0.2) is 13.1 Å². The van der Waals surface area contributed by atoms with Crippen molar-refractivity contribution in [1.82, 2.24) is 4.72 Å². The summed E-state index contributed by atoms with van der Waals surface area (Å²) in [4.78, 5) is 0.267. The van der Waals surface area contributed by atoms with E-state index in [-0.39, 0.29) is 10.4 Å². The molecule has 0 radical (unpaired) electrons. The van der Waals surface area contributed by atoms with Crippen molar-refractivity contribution in [2.75, 3.05) is 31.6 Å². The lowest BCUT2D eigenvalue weighted by Crippen LogP contribution is -2.49. The van der Waals surface area contributed by atoms with E-state index in [2.05, 4.69) is 10.0 Å². The lowest BCUT2D eigenvalue weighted by molar-refractivity contribution is 0.0628. The SMILES string of the molecule is CCNS(=O)(=O)c1ccc(NC2(CN)CCOCC2)cc1. The normalized spacial score (nSPS) is 18.4. The molecule has 4 N–H and O–H groups in total. The molecule has 0 aliphatic carbocycles. The minimum Gasteiger partial charge on any atom is -0.381 e. The second kappa shape index (κ2) is 6.74. The zero-order valence-electron chi connectivity index (χ0n) is 12.3. The molecule has 0 saturated carbocycles. The summed E-state index contributed by atoms with van der Waals surface area (Å²) in [6.07, 6.45) is 1.70. The standard InChI is InChI=1S/C14H23N3O3S/c1-2-16-21(18,19)13-5-3-12(4-6-13)17-14(11-15)7-9-20-10-8-14/h3-6,16-17H,2,7-11,15H2,1H3. The molecule has 2 rings (SSSR count). The third kappa shape index (κ3) is 3.94. The van der Waals surface area contributed by atoms with Crippen molar-refractivity contribution in [2.24, 2.45) is 5.73 Å². The van der Waals surface area contributed by atoms with Crippen LogP contribution in [-0.4, -0.2) is 40.3 Å². The average molecular weight is 313 g/mol. The minimum atomic E-state index is -3.40. The van der Waals surface area contributed by atoms with E-state index in [0.717, 1.165) is 18.5 Å². The van der Waals surface area contributed by atoms with E-state index < -0.39 is 10.0 Å². The largest absolute Gasteiger partial charge is 0.381 e. The topological polar surface area (TPSA) is 93.5 Å². The monoisotopic (exact) mass is 313 g/mol. The Hall–Kier alpha value is -1.15. The molecule has 21 heavy (non-hydrogen) atoms. The maximum Gasteiger partial charge on any atom is 0.240 e. The van der Waals surface area contributed by atoms with Crippen molar-refractivity contribution >= 4 is 15.7 Å². The number of sulfonamides is 1. The number of rotatable bonds is 6. The van der Waals surface area contributed by atoms with Crippen LogP contribution in [0.3, 0.4) is 0 Å². The molecule has 7 heteroatoms. The highest BCUT2D eigenvalue weighted by Gasteiger charge is 2.30. The molecule has 1 heterocycles. The van der Waals surface area contributed by atoms with Gasteiger partial charge in [-0.3, -0.25) is 0 Å². The number of nitrogens with one attached hydrogen (secondary N) is 2. The molecular formula is C14H23N3O3S. The second-order valence-corrected chi connectivity index (χ2v) is 7.01. The van der Waals surface area contributed by atoms with E-state index in [0.29, 0.717) is 26.3 Å². The Balaban J connectivity index is 2.12. The van der Waals surface area contributed by atoms with Crippen LogP contribution in [0.25, 0.3) is 0 Å². The molecule has 1 saturated heterocycles. The van der Waals surface area contributed by atoms with Gasteiger partial charge in [0.05, 0.1) is 10.4 Å². The predicted octanol–water partition coefficient (Wildman–Crippen LogP) is 0.905. The highest BCUT2D eigenvalue weighted by molar-refractivity contribution is 7.89. The molecule has 118 valence electrons. The van der Waals surface area contributed by atoms with Crippen LogP contribution >= 0.6 is 0 Å². The Labute approximate surface area is 126 Å². The summed E-state index contributed by atoms with van der Waals surface area (Å²) in [5.74, 6) is 0. The smallest absolute Gasteiger partial charge is 0.240 e. The van der Waals surface area contributed by atoms with Gasteiger partial charge in [0.15, 0.2) is 0 Å². The van der Waals surface area contributed by atoms with Crippen LogP contribution in [0.5, 0.6) is 0 Å². The van der Waals surface area contributed by atoms with Crippen LogP contribution in [0.2, 0.25) is 0 Å². The molecule has 6 nitrogen and oxygen atoms in total. The summed E-state index contributed by atoms with van der Waals surface area (Å²) in [6, 6.07) is 6.75. The summed E-state index contributed by atoms with van der Waals surface area (Å²) in [7, 11) is -3.40. The summed E-state index contributed by atoms with van der Waals surface area (Å²) in [5.41, 5.74) is 6.61. The van der Waals surface area contributed by atoms with Crippen molar-refractivity contribution in [2.45, 2.75) is 30.2 Å². The average Bonchev–Trinajstić information content (AvgIpc) is 2.49. The predicted molar refractivity (Wildman–Crippen MR) is 82.8 cm³/mol. The number of anilines is 1. The van der Waals surface area contributed by atoms with Gasteiger partial charge in [-0.1, -0.05) is 6.92 Å². The van der Waals surface area contributed by atoms with Gasteiger partial charge in [0, 0.05) is 32.0 Å². The van der Waals surface area contributed by atoms with Gasteiger partial charge in [0.2, 0.25) is 10.0 Å². The molecule has 0 bridgehead atoms. The Morgan fingerprint density at radius 2 is 1.86 bits per heavy atom. The molecule has 0 aromatic heterocycles. The highest BCUT2D eigenvalue weighted by atomic mass is 32.2. The zero-order valence-corrected chi connectivity index (χ0v) is 13.1. The highest BCUT2D eigenvalue weighted by Crippen LogP contribution is 2.25. The quantitative estimate of drug-likeness (QED) is 0.725. The Morgan fingerprint density at radius 1 is 1.24 bits per heavy atom. The molecule has 1 fully saturated rings. The van der Waals surface area contributed by atoms with Gasteiger partial charge in [-0.05, 0) is 37.1 Å². The maximum atomic E-state index is 11.9. The zero-order chi connectivity index (χ0) is 15.3. The van der Waals surface area contributed by atoms with Crippen molar-refractivity contribution in [3.8, 4) is 0 Å². The first-order chi connectivity index (χ1) is 10.0. The lowest BCUT2D eigenvalue weighted by atomic mass is 9.90. The third-order valence-electron chi connectivity index (χ3n) is 3.75. The fourth-order valence-corrected chi connectivity index (χ4v) is 3.48. The fraction of sp³-hybridized carbons (Fsp3) is 0.571. The molecular weight excluding hydrogens is 290 g/mol. The molecule has 0 amide bonds. The first kappa shape index (κ1) is 16.2. The van der Waals surface area contributed by atoms with E-state index in [1.165, 1.54) is 0 Å². The van der Waals surface area contributed by atoms with Crippen LogP contribution in [0.4, 0.5) is 5.69 Å². The van der Waals surface area contributed by atoms with Crippen LogP contribution in [0.15, 0.2) is 29.2 Å². The van der Waals surface area contributed by atoms with Gasteiger partial charge in [0.1, 0.15) is 0 Å².